The third-order valence-electron chi connectivity index (χ3n) is 6.70. The van der Waals surface area contributed by atoms with E-state index in [1.54, 1.807) is 11.3 Å². The molecule has 188 valence electrons. The van der Waals surface area contributed by atoms with Gasteiger partial charge in [-0.25, -0.2) is 9.97 Å². The highest BCUT2D eigenvalue weighted by Gasteiger charge is 2.41. The molecule has 0 aromatic carbocycles. The predicted octanol–water partition coefficient (Wildman–Crippen LogP) is 2.30. The SMILES string of the molecule is CCOCCNc1nc(C)c(-c2nc3c(C4CC4)nccc3s2)c(NC2CC(CO)C(O)C2O)n1. The number of aromatic nitrogens is 4. The van der Waals surface area contributed by atoms with Crippen LogP contribution < -0.4 is 10.6 Å². The van der Waals surface area contributed by atoms with Gasteiger partial charge in [0.1, 0.15) is 22.4 Å². The Balaban J connectivity index is 1.52. The van der Waals surface area contributed by atoms with Crippen LogP contribution in [0.15, 0.2) is 12.3 Å². The summed E-state index contributed by atoms with van der Waals surface area (Å²) in [6, 6.07) is 1.52. The minimum absolute atomic E-state index is 0.189. The molecule has 4 unspecified atom stereocenters. The maximum atomic E-state index is 10.6. The van der Waals surface area contributed by atoms with Crippen molar-refractivity contribution in [3.05, 3.63) is 23.7 Å². The normalized spacial score (nSPS) is 24.3. The molecule has 0 saturated heterocycles. The first-order chi connectivity index (χ1) is 17.0. The van der Waals surface area contributed by atoms with Gasteiger partial charge in [-0.05, 0) is 39.2 Å². The van der Waals surface area contributed by atoms with Crippen molar-refractivity contribution in [3.8, 4) is 10.6 Å². The largest absolute Gasteiger partial charge is 0.396 e. The van der Waals surface area contributed by atoms with Crippen molar-refractivity contribution in [2.45, 2.75) is 57.3 Å². The lowest BCUT2D eigenvalue weighted by Gasteiger charge is -2.21. The lowest BCUT2D eigenvalue weighted by atomic mass is 10.1. The van der Waals surface area contributed by atoms with Crippen LogP contribution in [-0.2, 0) is 4.74 Å². The van der Waals surface area contributed by atoms with Gasteiger partial charge in [-0.1, -0.05) is 0 Å². The summed E-state index contributed by atoms with van der Waals surface area (Å²) in [4.78, 5) is 19.0. The van der Waals surface area contributed by atoms with Gasteiger partial charge in [-0.15, -0.1) is 11.3 Å². The first kappa shape index (κ1) is 24.3. The third-order valence-corrected chi connectivity index (χ3v) is 7.73. The standard InChI is InChI=1S/C24H32N6O4S/c1-3-34-9-8-26-24-27-12(2)17(22(30-24)28-15-10-14(11-31)20(32)21(15)33)23-29-19-16(35-23)6-7-25-18(19)13-4-5-13/h6-7,13-15,20-21,31-33H,3-5,8-11H2,1-2H3,(H2,26,27,28,30). The molecule has 3 aromatic rings. The van der Waals surface area contributed by atoms with E-state index < -0.39 is 24.2 Å². The maximum Gasteiger partial charge on any atom is 0.224 e. The van der Waals surface area contributed by atoms with Crippen molar-refractivity contribution in [1.29, 1.82) is 0 Å². The number of pyridine rings is 1. The summed E-state index contributed by atoms with van der Waals surface area (Å²) >= 11 is 1.57. The Kier molecular flexibility index (Phi) is 7.12. The molecule has 11 heteroatoms. The minimum atomic E-state index is -1.02. The predicted molar refractivity (Wildman–Crippen MR) is 135 cm³/mol. The van der Waals surface area contributed by atoms with Gasteiger partial charge in [0, 0.05) is 37.8 Å². The van der Waals surface area contributed by atoms with E-state index in [0.29, 0.717) is 43.9 Å². The van der Waals surface area contributed by atoms with Crippen LogP contribution in [0.5, 0.6) is 0 Å². The second-order valence-corrected chi connectivity index (χ2v) is 10.3. The maximum absolute atomic E-state index is 10.6. The molecule has 0 aliphatic heterocycles. The van der Waals surface area contributed by atoms with Crippen LogP contribution in [0.3, 0.4) is 0 Å². The van der Waals surface area contributed by atoms with Crippen molar-refractivity contribution in [2.24, 2.45) is 5.92 Å². The van der Waals surface area contributed by atoms with Gasteiger partial charge in [0.25, 0.3) is 0 Å². The van der Waals surface area contributed by atoms with Crippen molar-refractivity contribution in [1.82, 2.24) is 19.9 Å². The van der Waals surface area contributed by atoms with Crippen molar-refractivity contribution in [2.75, 3.05) is 37.0 Å². The Morgan fingerprint density at radius 1 is 1.17 bits per heavy atom. The summed E-state index contributed by atoms with van der Waals surface area (Å²) in [6.45, 7) is 5.39. The second kappa shape index (κ2) is 10.3. The molecular formula is C24H32N6O4S. The van der Waals surface area contributed by atoms with Gasteiger partial charge in [0.05, 0.1) is 40.4 Å². The molecule has 0 bridgehead atoms. The van der Waals surface area contributed by atoms with Crippen molar-refractivity contribution in [3.63, 3.8) is 0 Å². The number of aliphatic hydroxyl groups is 3. The number of aryl methyl sites for hydroxylation is 1. The Morgan fingerprint density at radius 2 is 2.00 bits per heavy atom. The fourth-order valence-electron chi connectivity index (χ4n) is 4.65. The molecular weight excluding hydrogens is 468 g/mol. The summed E-state index contributed by atoms with van der Waals surface area (Å²) in [6.07, 6.45) is 2.53. The van der Waals surface area contributed by atoms with Crippen LogP contribution in [0.1, 0.15) is 43.5 Å². The van der Waals surface area contributed by atoms with Crippen molar-refractivity contribution < 1.29 is 20.1 Å². The number of rotatable bonds is 10. The number of aliphatic hydroxyl groups excluding tert-OH is 3. The molecule has 5 N–H and O–H groups in total. The molecule has 0 radical (unpaired) electrons. The van der Waals surface area contributed by atoms with Gasteiger partial charge in [0.2, 0.25) is 5.95 Å². The van der Waals surface area contributed by atoms with E-state index >= 15 is 0 Å². The first-order valence-electron chi connectivity index (χ1n) is 12.2. The van der Waals surface area contributed by atoms with E-state index in [9.17, 15) is 15.3 Å². The average Bonchev–Trinajstić information content (AvgIpc) is 3.55. The molecule has 2 aliphatic rings. The zero-order valence-electron chi connectivity index (χ0n) is 19.9. The Morgan fingerprint density at radius 3 is 2.71 bits per heavy atom. The summed E-state index contributed by atoms with van der Waals surface area (Å²) in [5.74, 6) is 1.06. The first-order valence-corrected chi connectivity index (χ1v) is 13.0. The number of ether oxygens (including phenoxy) is 1. The molecule has 35 heavy (non-hydrogen) atoms. The second-order valence-electron chi connectivity index (χ2n) is 9.23. The molecule has 0 amide bonds. The molecule has 4 atom stereocenters. The van der Waals surface area contributed by atoms with E-state index in [1.165, 1.54) is 0 Å². The van der Waals surface area contributed by atoms with Gasteiger partial charge < -0.3 is 30.7 Å². The molecule has 2 saturated carbocycles. The zero-order chi connectivity index (χ0) is 24.5. The number of nitrogens with one attached hydrogen (secondary N) is 2. The van der Waals surface area contributed by atoms with Crippen LogP contribution >= 0.6 is 11.3 Å². The Labute approximate surface area is 207 Å². The van der Waals surface area contributed by atoms with Crippen LogP contribution in [0.2, 0.25) is 0 Å². The highest BCUT2D eigenvalue weighted by atomic mass is 32.1. The monoisotopic (exact) mass is 500 g/mol. The summed E-state index contributed by atoms with van der Waals surface area (Å²) in [5, 5.41) is 37.9. The zero-order valence-corrected chi connectivity index (χ0v) is 20.8. The van der Waals surface area contributed by atoms with E-state index in [1.807, 2.05) is 26.1 Å². The van der Waals surface area contributed by atoms with Gasteiger partial charge in [-0.2, -0.15) is 4.98 Å². The summed E-state index contributed by atoms with van der Waals surface area (Å²) in [7, 11) is 0. The highest BCUT2D eigenvalue weighted by Crippen LogP contribution is 2.44. The third kappa shape index (κ3) is 4.96. The van der Waals surface area contributed by atoms with Crippen LogP contribution in [0.25, 0.3) is 20.8 Å². The minimum Gasteiger partial charge on any atom is -0.396 e. The molecule has 3 heterocycles. The molecule has 2 fully saturated rings. The number of anilines is 2. The van der Waals surface area contributed by atoms with E-state index in [2.05, 4.69) is 20.6 Å². The number of thiazole rings is 1. The summed E-state index contributed by atoms with van der Waals surface area (Å²) in [5.41, 5.74) is 3.48. The van der Waals surface area contributed by atoms with Crippen LogP contribution in [-0.4, -0.2) is 79.9 Å². The van der Waals surface area contributed by atoms with E-state index in [-0.39, 0.29) is 6.61 Å². The van der Waals surface area contributed by atoms with Crippen LogP contribution in [0.4, 0.5) is 11.8 Å². The average molecular weight is 501 g/mol. The number of nitrogens with zero attached hydrogens (tertiary/aromatic N) is 4. The van der Waals surface area contributed by atoms with Crippen molar-refractivity contribution >= 4 is 33.3 Å². The fraction of sp³-hybridized carbons (Fsp3) is 0.583. The quantitative estimate of drug-likeness (QED) is 0.263. The van der Waals surface area contributed by atoms with E-state index in [0.717, 1.165) is 45.0 Å². The molecule has 0 spiro atoms. The number of hydrogen-bond acceptors (Lipinski definition) is 11. The van der Waals surface area contributed by atoms with Gasteiger partial charge in [0.15, 0.2) is 0 Å². The Hall–Kier alpha value is -2.44. The highest BCUT2D eigenvalue weighted by molar-refractivity contribution is 7.21. The topological polar surface area (TPSA) is 146 Å². The Bertz CT molecular complexity index is 1190. The molecule has 3 aromatic heterocycles. The lowest BCUT2D eigenvalue weighted by Crippen LogP contribution is -2.35. The van der Waals surface area contributed by atoms with Gasteiger partial charge in [-0.3, -0.25) is 4.98 Å². The molecule has 2 aliphatic carbocycles. The number of hydrogen-bond donors (Lipinski definition) is 5. The van der Waals surface area contributed by atoms with Crippen LogP contribution in [0, 0.1) is 12.8 Å². The molecule has 5 rings (SSSR count). The van der Waals surface area contributed by atoms with E-state index in [4.69, 9.17) is 14.7 Å². The number of fused-ring (bicyclic) bond motifs is 1. The fourth-order valence-corrected chi connectivity index (χ4v) is 5.72. The molecule has 10 nitrogen and oxygen atoms in total. The lowest BCUT2D eigenvalue weighted by molar-refractivity contribution is 0.00446. The smallest absolute Gasteiger partial charge is 0.224 e. The van der Waals surface area contributed by atoms with Gasteiger partial charge >= 0.3 is 0 Å². The summed E-state index contributed by atoms with van der Waals surface area (Å²) < 4.78 is 6.47.